The molecule has 0 rings (SSSR count). The summed E-state index contributed by atoms with van der Waals surface area (Å²) >= 11 is 0. The third kappa shape index (κ3) is 3.30. The second kappa shape index (κ2) is 3.63. The van der Waals surface area contributed by atoms with Gasteiger partial charge in [0.1, 0.15) is 0 Å². The summed E-state index contributed by atoms with van der Waals surface area (Å²) in [6, 6.07) is 0. The van der Waals surface area contributed by atoms with Crippen LogP contribution in [0.4, 0.5) is 0 Å². The van der Waals surface area contributed by atoms with Crippen molar-refractivity contribution in [2.75, 3.05) is 37.0 Å². The molecule has 0 aromatic carbocycles. The second-order valence-electron chi connectivity index (χ2n) is 3.98. The van der Waals surface area contributed by atoms with Gasteiger partial charge in [0.15, 0.2) is 0 Å². The van der Waals surface area contributed by atoms with Gasteiger partial charge < -0.3 is 0 Å². The van der Waals surface area contributed by atoms with E-state index in [2.05, 4.69) is 49.8 Å². The lowest BCUT2D eigenvalue weighted by Gasteiger charge is -2.51. The van der Waals surface area contributed by atoms with Crippen LogP contribution in [0.5, 0.6) is 0 Å². The van der Waals surface area contributed by atoms with E-state index in [1.165, 1.54) is 5.75 Å². The molecule has 0 aromatic heterocycles. The summed E-state index contributed by atoms with van der Waals surface area (Å²) in [6.45, 7) is 2.29. The minimum absolute atomic E-state index is 0.486. The largest absolute Gasteiger partial charge is 0.280 e. The van der Waals surface area contributed by atoms with E-state index in [0.717, 1.165) is 0 Å². The van der Waals surface area contributed by atoms with Crippen LogP contribution in [0.15, 0.2) is 0 Å². The fourth-order valence-electron chi connectivity index (χ4n) is 0.787. The highest BCUT2D eigenvalue weighted by atomic mass is 32.3. The normalized spacial score (nSPS) is 17.0. The van der Waals surface area contributed by atoms with Crippen LogP contribution >= 0.6 is 20.4 Å². The maximum atomic E-state index is 2.60. The Morgan fingerprint density at radius 3 is 1.55 bits per heavy atom. The maximum absolute atomic E-state index is 2.60. The molecule has 0 atom stereocenters. The predicted octanol–water partition coefficient (Wildman–Crippen LogP) is 1.44. The molecule has 0 amide bonds. The van der Waals surface area contributed by atoms with Crippen molar-refractivity contribution in [3.8, 4) is 0 Å². The van der Waals surface area contributed by atoms with Gasteiger partial charge >= 0.3 is 0 Å². The molecule has 0 radical (unpaired) electrons. The fraction of sp³-hybridized carbons (Fsp3) is 1.00. The molecular weight excluding hydrogens is 173 g/mol. The first-order valence-corrected chi connectivity index (χ1v) is 9.24. The van der Waals surface area contributed by atoms with Gasteiger partial charge in [0.25, 0.3) is 0 Å². The van der Waals surface area contributed by atoms with E-state index in [1.807, 2.05) is 0 Å². The predicted molar refractivity (Wildman–Crippen MR) is 65.7 cm³/mol. The highest BCUT2D eigenvalue weighted by Gasteiger charge is 2.22. The third-order valence-electron chi connectivity index (χ3n) is 2.17. The van der Waals surface area contributed by atoms with Gasteiger partial charge in [-0.1, -0.05) is 6.92 Å². The third-order valence-corrected chi connectivity index (χ3v) is 9.07. The fourth-order valence-corrected chi connectivity index (χ4v) is 6.31. The molecule has 0 N–H and O–H groups in total. The first-order chi connectivity index (χ1) is 4.72. The molecule has 0 bridgehead atoms. The molecule has 0 aliphatic rings. The Morgan fingerprint density at radius 2 is 1.45 bits per heavy atom. The van der Waals surface area contributed by atoms with Crippen molar-refractivity contribution in [3.63, 3.8) is 0 Å². The molecule has 0 unspecified atom stereocenters. The van der Waals surface area contributed by atoms with Crippen molar-refractivity contribution in [2.24, 2.45) is 0 Å². The molecule has 0 aliphatic heterocycles. The Balaban J connectivity index is 4.35. The average molecular weight is 195 g/mol. The van der Waals surface area contributed by atoms with Crippen LogP contribution in [0.2, 0.25) is 0 Å². The van der Waals surface area contributed by atoms with E-state index in [-0.39, 0.29) is 0 Å². The SMILES string of the molecule is BN(S(C)(C)C)S(C)(C)CC. The van der Waals surface area contributed by atoms with Crippen molar-refractivity contribution >= 4 is 28.4 Å². The topological polar surface area (TPSA) is 3.24 Å². The smallest absolute Gasteiger partial charge is 0.211 e. The molecule has 0 heterocycles. The second-order valence-corrected chi connectivity index (χ2v) is 12.4. The lowest BCUT2D eigenvalue weighted by Crippen LogP contribution is -2.27. The van der Waals surface area contributed by atoms with Gasteiger partial charge in [-0.2, -0.15) is 20.4 Å². The summed E-state index contributed by atoms with van der Waals surface area (Å²) in [4.78, 5) is 0. The Kier molecular flexibility index (Phi) is 3.87. The minimum atomic E-state index is -0.502. The van der Waals surface area contributed by atoms with Gasteiger partial charge in [0, 0.05) is 0 Å². The summed E-state index contributed by atoms with van der Waals surface area (Å²) in [5, 5.41) is 0. The number of nitrogens with zero attached hydrogens (tertiary/aromatic N) is 1. The van der Waals surface area contributed by atoms with E-state index in [1.54, 1.807) is 0 Å². The molecule has 11 heavy (non-hydrogen) atoms. The van der Waals surface area contributed by atoms with Crippen molar-refractivity contribution in [1.82, 2.24) is 3.62 Å². The zero-order chi connectivity index (χ0) is 9.28. The molecule has 70 valence electrons. The molecule has 0 aliphatic carbocycles. The molecule has 0 fully saturated rings. The van der Waals surface area contributed by atoms with Gasteiger partial charge in [0.05, 0.1) is 0 Å². The van der Waals surface area contributed by atoms with E-state index in [0.29, 0.717) is 0 Å². The Labute approximate surface area is 76.3 Å². The molecule has 1 nitrogen and oxygen atoms in total. The van der Waals surface area contributed by atoms with Gasteiger partial charge in [-0.05, 0) is 37.0 Å². The van der Waals surface area contributed by atoms with Crippen LogP contribution in [-0.2, 0) is 0 Å². The summed E-state index contributed by atoms with van der Waals surface area (Å²) < 4.78 is 2.60. The highest BCUT2D eigenvalue weighted by molar-refractivity contribution is 8.44. The van der Waals surface area contributed by atoms with Crippen LogP contribution in [-0.4, -0.2) is 48.6 Å². The van der Waals surface area contributed by atoms with Gasteiger partial charge in [-0.15, -0.1) is 0 Å². The Hall–Kier alpha value is 0.725. The first kappa shape index (κ1) is 11.7. The van der Waals surface area contributed by atoms with Crippen molar-refractivity contribution in [3.05, 3.63) is 0 Å². The number of hydrogen-bond acceptors (Lipinski definition) is 1. The lowest BCUT2D eigenvalue weighted by atomic mass is 10.5. The van der Waals surface area contributed by atoms with E-state index in [9.17, 15) is 0 Å². The summed E-state index contributed by atoms with van der Waals surface area (Å²) in [6.07, 6.45) is 11.9. The van der Waals surface area contributed by atoms with Gasteiger partial charge in [0.2, 0.25) is 7.98 Å². The van der Waals surface area contributed by atoms with Crippen molar-refractivity contribution < 1.29 is 0 Å². The van der Waals surface area contributed by atoms with Crippen LogP contribution < -0.4 is 0 Å². The van der Waals surface area contributed by atoms with E-state index >= 15 is 0 Å². The van der Waals surface area contributed by atoms with Gasteiger partial charge in [-0.25, -0.2) is 0 Å². The van der Waals surface area contributed by atoms with Gasteiger partial charge in [-0.3, -0.25) is 3.62 Å². The van der Waals surface area contributed by atoms with Crippen LogP contribution in [0.1, 0.15) is 6.92 Å². The van der Waals surface area contributed by atoms with Crippen LogP contribution in [0, 0.1) is 0 Å². The quantitative estimate of drug-likeness (QED) is 0.616. The summed E-state index contributed by atoms with van der Waals surface area (Å²) in [5.74, 6) is 1.30. The Morgan fingerprint density at radius 1 is 1.09 bits per heavy atom. The molecule has 0 saturated heterocycles. The monoisotopic (exact) mass is 195 g/mol. The molecular formula is C7H22BNS2. The summed E-state index contributed by atoms with van der Waals surface area (Å²) in [7, 11) is 1.28. The first-order valence-electron chi connectivity index (χ1n) is 3.85. The molecule has 0 aromatic rings. The van der Waals surface area contributed by atoms with Crippen molar-refractivity contribution in [2.45, 2.75) is 6.92 Å². The van der Waals surface area contributed by atoms with E-state index in [4.69, 9.17) is 0 Å². The van der Waals surface area contributed by atoms with Crippen molar-refractivity contribution in [1.29, 1.82) is 0 Å². The van der Waals surface area contributed by atoms with E-state index < -0.39 is 20.4 Å². The summed E-state index contributed by atoms with van der Waals surface area (Å²) in [5.41, 5.74) is 0. The lowest BCUT2D eigenvalue weighted by molar-refractivity contribution is 1.16. The molecule has 4 heteroatoms. The zero-order valence-corrected chi connectivity index (χ0v) is 10.6. The average Bonchev–Trinajstić information content (AvgIpc) is 1.84. The molecule has 0 saturated carbocycles. The Bertz CT molecular complexity index is 131. The number of rotatable bonds is 3. The maximum Gasteiger partial charge on any atom is 0.211 e. The van der Waals surface area contributed by atoms with Crippen LogP contribution in [0.25, 0.3) is 0 Å². The molecule has 0 spiro atoms. The minimum Gasteiger partial charge on any atom is -0.280 e. The number of hydrogen-bond donors (Lipinski definition) is 0. The van der Waals surface area contributed by atoms with Crippen LogP contribution in [0.3, 0.4) is 0 Å². The zero-order valence-electron chi connectivity index (χ0n) is 8.97. The highest BCUT2D eigenvalue weighted by Crippen LogP contribution is 2.56. The standard InChI is InChI=1S/C7H22BNS2/c1-7-11(5,6)9(8)10(2,3)4/h7-8H2,1-6H3.